The van der Waals surface area contributed by atoms with Gasteiger partial charge in [-0.15, -0.1) is 0 Å². The molecule has 0 unspecified atom stereocenters. The number of hydrogen-bond acceptors (Lipinski definition) is 4. The predicted octanol–water partition coefficient (Wildman–Crippen LogP) is -0.0884. The normalized spacial score (nSPS) is 10.0. The first-order chi connectivity index (χ1) is 6.97. The molecule has 1 rings (SSSR count). The molecule has 6 heteroatoms. The highest BCUT2D eigenvalue weighted by Crippen LogP contribution is 2.15. The van der Waals surface area contributed by atoms with Crippen LogP contribution in [-0.4, -0.2) is 23.5 Å². The zero-order chi connectivity index (χ0) is 11.6. The molecular weight excluding hydrogens is 218 g/mol. The van der Waals surface area contributed by atoms with Crippen LogP contribution >= 0.6 is 0 Å². The molecule has 1 aromatic heterocycles. The zero-order valence-corrected chi connectivity index (χ0v) is 9.21. The maximum atomic E-state index is 11.4. The second-order valence-corrected chi connectivity index (χ2v) is 3.78. The molecule has 0 amide bonds. The summed E-state index contributed by atoms with van der Waals surface area (Å²) in [7, 11) is -2.40. The lowest BCUT2D eigenvalue weighted by Gasteiger charge is -2.09. The van der Waals surface area contributed by atoms with Gasteiger partial charge in [0, 0.05) is 12.6 Å². The first-order valence-corrected chi connectivity index (χ1v) is 5.47. The first kappa shape index (κ1) is 11.5. The van der Waals surface area contributed by atoms with Gasteiger partial charge in [0.15, 0.2) is 0 Å². The van der Waals surface area contributed by atoms with Crippen molar-refractivity contribution >= 4 is 15.7 Å². The molecule has 15 heavy (non-hydrogen) atoms. The van der Waals surface area contributed by atoms with Gasteiger partial charge < -0.3 is 5.11 Å². The molecule has 5 nitrogen and oxygen atoms in total. The summed E-state index contributed by atoms with van der Waals surface area (Å²) in [6.45, 7) is 3.55. The Hall–Kier alpha value is -1.56. The number of hydrogen-bond donors (Lipinski definition) is 1. The van der Waals surface area contributed by atoms with Crippen molar-refractivity contribution in [1.82, 2.24) is 4.57 Å². The van der Waals surface area contributed by atoms with E-state index in [1.807, 2.05) is 0 Å². The fourth-order valence-electron chi connectivity index (χ4n) is 1.31. The van der Waals surface area contributed by atoms with Crippen LogP contribution in [0.15, 0.2) is 10.9 Å². The van der Waals surface area contributed by atoms with E-state index in [9.17, 15) is 18.3 Å². The standard InChI is InChI=1S/C9H11NO4S/c1-3-10-8(11)4-6(2)7(9(10)12)5-15(13)14/h4-5,12H,3H2,1-2H3. The largest absolute Gasteiger partial charge is 0.494 e. The predicted molar refractivity (Wildman–Crippen MR) is 56.9 cm³/mol. The first-order valence-electron chi connectivity index (χ1n) is 4.33. The van der Waals surface area contributed by atoms with E-state index in [0.29, 0.717) is 5.56 Å². The summed E-state index contributed by atoms with van der Waals surface area (Å²) in [5, 5.41) is 10.5. The lowest BCUT2D eigenvalue weighted by atomic mass is 10.2. The maximum absolute atomic E-state index is 11.4. The lowest BCUT2D eigenvalue weighted by molar-refractivity contribution is 0.410. The van der Waals surface area contributed by atoms with Crippen molar-refractivity contribution in [2.75, 3.05) is 0 Å². The van der Waals surface area contributed by atoms with Gasteiger partial charge in [0.1, 0.15) is 0 Å². The molecule has 0 aliphatic heterocycles. The highest BCUT2D eigenvalue weighted by atomic mass is 32.2. The molecule has 0 aliphatic rings. The molecule has 0 aromatic carbocycles. The van der Waals surface area contributed by atoms with Crippen molar-refractivity contribution in [2.45, 2.75) is 20.4 Å². The Morgan fingerprint density at radius 3 is 2.60 bits per heavy atom. The van der Waals surface area contributed by atoms with E-state index in [4.69, 9.17) is 0 Å². The van der Waals surface area contributed by atoms with Crippen LogP contribution in [0.4, 0.5) is 0 Å². The van der Waals surface area contributed by atoms with Crippen molar-refractivity contribution in [2.24, 2.45) is 0 Å². The van der Waals surface area contributed by atoms with Gasteiger partial charge in [-0.3, -0.25) is 9.36 Å². The van der Waals surface area contributed by atoms with E-state index in [0.717, 1.165) is 9.93 Å². The Labute approximate surface area is 88.1 Å². The molecule has 1 aromatic rings. The third kappa shape index (κ3) is 2.27. The third-order valence-electron chi connectivity index (χ3n) is 2.06. The van der Waals surface area contributed by atoms with Crippen molar-refractivity contribution < 1.29 is 13.5 Å². The zero-order valence-electron chi connectivity index (χ0n) is 8.39. The topological polar surface area (TPSA) is 76.4 Å². The summed E-state index contributed by atoms with van der Waals surface area (Å²) >= 11 is 0. The Morgan fingerprint density at radius 2 is 2.13 bits per heavy atom. The van der Waals surface area contributed by atoms with Gasteiger partial charge in [0.05, 0.1) is 10.9 Å². The van der Waals surface area contributed by atoms with E-state index >= 15 is 0 Å². The highest BCUT2D eigenvalue weighted by Gasteiger charge is 2.09. The van der Waals surface area contributed by atoms with E-state index in [-0.39, 0.29) is 23.5 Å². The van der Waals surface area contributed by atoms with E-state index in [1.165, 1.54) is 6.07 Å². The van der Waals surface area contributed by atoms with Gasteiger partial charge in [-0.2, -0.15) is 8.42 Å². The summed E-state index contributed by atoms with van der Waals surface area (Å²) in [6, 6.07) is 1.29. The Bertz CT molecular complexity index is 561. The lowest BCUT2D eigenvalue weighted by Crippen LogP contribution is -2.20. The van der Waals surface area contributed by atoms with Crippen LogP contribution in [0.5, 0.6) is 5.88 Å². The van der Waals surface area contributed by atoms with Gasteiger partial charge in [-0.25, -0.2) is 0 Å². The van der Waals surface area contributed by atoms with E-state index in [2.05, 4.69) is 0 Å². The quantitative estimate of drug-likeness (QED) is 0.719. The molecule has 0 saturated carbocycles. The fourth-order valence-corrected chi connectivity index (χ4v) is 1.80. The summed E-state index contributed by atoms with van der Waals surface area (Å²) in [4.78, 5) is 11.4. The summed E-state index contributed by atoms with van der Waals surface area (Å²) in [6.07, 6.45) is 0. The van der Waals surface area contributed by atoms with E-state index < -0.39 is 10.3 Å². The van der Waals surface area contributed by atoms with Crippen LogP contribution in [0.25, 0.3) is 0 Å². The van der Waals surface area contributed by atoms with Crippen molar-refractivity contribution in [3.8, 4) is 5.88 Å². The fraction of sp³-hybridized carbons (Fsp3) is 0.333. The molecule has 0 aliphatic carbocycles. The monoisotopic (exact) mass is 229 g/mol. The molecule has 0 radical (unpaired) electrons. The molecule has 0 bridgehead atoms. The molecule has 1 N–H and O–H groups in total. The molecule has 1 heterocycles. The Balaban J connectivity index is 3.67. The van der Waals surface area contributed by atoms with Crippen LogP contribution in [0.3, 0.4) is 0 Å². The minimum Gasteiger partial charge on any atom is -0.494 e. The molecule has 0 fully saturated rings. The molecule has 0 atom stereocenters. The average Bonchev–Trinajstić information content (AvgIpc) is 2.12. The third-order valence-corrected chi connectivity index (χ3v) is 2.49. The number of pyridine rings is 1. The Kier molecular flexibility index (Phi) is 3.31. The molecular formula is C9H11NO4S. The maximum Gasteiger partial charge on any atom is 0.253 e. The smallest absolute Gasteiger partial charge is 0.253 e. The van der Waals surface area contributed by atoms with Crippen LogP contribution in [-0.2, 0) is 16.8 Å². The summed E-state index contributed by atoms with van der Waals surface area (Å²) < 4.78 is 22.1. The second kappa shape index (κ2) is 4.31. The van der Waals surface area contributed by atoms with Crippen LogP contribution in [0.2, 0.25) is 0 Å². The number of rotatable bonds is 2. The highest BCUT2D eigenvalue weighted by molar-refractivity contribution is 7.71. The summed E-state index contributed by atoms with van der Waals surface area (Å²) in [5.74, 6) is -0.313. The van der Waals surface area contributed by atoms with Gasteiger partial charge in [-0.1, -0.05) is 0 Å². The number of nitrogens with zero attached hydrogens (tertiary/aromatic N) is 1. The van der Waals surface area contributed by atoms with Gasteiger partial charge >= 0.3 is 0 Å². The van der Waals surface area contributed by atoms with Crippen LogP contribution < -0.4 is 5.56 Å². The number of aromatic hydroxyl groups is 1. The number of aromatic nitrogens is 1. The Morgan fingerprint density at radius 1 is 1.53 bits per heavy atom. The van der Waals surface area contributed by atoms with Crippen molar-refractivity contribution in [3.05, 3.63) is 27.5 Å². The molecule has 0 saturated heterocycles. The van der Waals surface area contributed by atoms with Crippen LogP contribution in [0, 0.1) is 6.92 Å². The number of aryl methyl sites for hydroxylation is 1. The summed E-state index contributed by atoms with van der Waals surface area (Å²) in [5.41, 5.74) is 0.248. The van der Waals surface area contributed by atoms with E-state index in [1.54, 1.807) is 13.8 Å². The van der Waals surface area contributed by atoms with Crippen LogP contribution in [0.1, 0.15) is 18.1 Å². The SMILES string of the molecule is CCn1c(O)c(C=S(=O)=O)c(C)cc1=O. The van der Waals surface area contributed by atoms with Crippen molar-refractivity contribution in [1.29, 1.82) is 0 Å². The van der Waals surface area contributed by atoms with Gasteiger partial charge in [-0.05, 0) is 19.4 Å². The minimum absolute atomic E-state index is 0.157. The molecule has 0 spiro atoms. The van der Waals surface area contributed by atoms with Crippen molar-refractivity contribution in [3.63, 3.8) is 0 Å². The average molecular weight is 229 g/mol. The second-order valence-electron chi connectivity index (χ2n) is 3.03. The molecule has 82 valence electrons. The van der Waals surface area contributed by atoms with Gasteiger partial charge in [0.25, 0.3) is 5.56 Å². The van der Waals surface area contributed by atoms with Gasteiger partial charge in [0.2, 0.25) is 16.2 Å². The minimum atomic E-state index is -2.40.